The van der Waals surface area contributed by atoms with Crippen LogP contribution in [0.2, 0.25) is 0 Å². The Labute approximate surface area is 337 Å². The Kier molecular flexibility index (Phi) is 8.21. The van der Waals surface area contributed by atoms with Crippen LogP contribution in [0.25, 0.3) is 73.6 Å². The minimum absolute atomic E-state index is 0.669. The van der Waals surface area contributed by atoms with Gasteiger partial charge in [-0.15, -0.1) is 0 Å². The van der Waals surface area contributed by atoms with Crippen LogP contribution in [-0.4, -0.2) is 19.5 Å². The number of rotatable bonds is 6. The second-order valence-electron chi connectivity index (χ2n) is 14.8. The summed E-state index contributed by atoms with van der Waals surface area (Å²) in [6.45, 7) is 0. The van der Waals surface area contributed by atoms with Gasteiger partial charge < -0.3 is 9.47 Å². The number of allylic oxidation sites excluding steroid dienone is 4. The van der Waals surface area contributed by atoms with Crippen molar-refractivity contribution >= 4 is 62.2 Å². The summed E-state index contributed by atoms with van der Waals surface area (Å²) in [6, 6.07) is 62.2. The fourth-order valence-corrected chi connectivity index (χ4v) is 8.49. The summed E-state index contributed by atoms with van der Waals surface area (Å²) in [5.74, 6) is 2.02. The Morgan fingerprint density at radius 3 is 1.83 bits per heavy atom. The van der Waals surface area contributed by atoms with Crippen LogP contribution >= 0.6 is 0 Å². The second kappa shape index (κ2) is 14.1. The number of nitrogens with zero attached hydrogens (tertiary/aromatic N) is 5. The molecule has 0 radical (unpaired) electrons. The molecule has 3 heterocycles. The zero-order valence-electron chi connectivity index (χ0n) is 31.7. The van der Waals surface area contributed by atoms with Gasteiger partial charge in [-0.2, -0.15) is 0 Å². The third kappa shape index (κ3) is 5.92. The van der Waals surface area contributed by atoms with Crippen molar-refractivity contribution in [1.29, 1.82) is 0 Å². The maximum atomic E-state index is 5.04. The second-order valence-corrected chi connectivity index (χ2v) is 14.8. The van der Waals surface area contributed by atoms with Gasteiger partial charge in [0.05, 0.1) is 22.4 Å². The lowest BCUT2D eigenvalue weighted by atomic mass is 9.93. The standard InChI is InChI=1S/C53H37N5/c1-4-17-37(18-5-1)51-54-52(38-19-6-2-7-20-38)56-53(55-51)42-23-14-21-39(32-42)40-22-15-26-44(33-40)58-48-29-13-11-27-45(48)46-35-49-41(34-50(46)58)31-30-36-16-10-12-28-47(36)57(49)43-24-8-3-9-25-43/h1-13,15-20,22-35H,14,21H2. The molecule has 2 aliphatic rings. The van der Waals surface area contributed by atoms with E-state index in [1.165, 1.54) is 49.8 Å². The third-order valence-corrected chi connectivity index (χ3v) is 11.2. The number of para-hydroxylation sites is 3. The summed E-state index contributed by atoms with van der Waals surface area (Å²) < 4.78 is 2.43. The molecule has 0 atom stereocenters. The van der Waals surface area contributed by atoms with Crippen LogP contribution in [0.3, 0.4) is 0 Å². The smallest absolute Gasteiger partial charge is 0.164 e. The first-order valence-electron chi connectivity index (χ1n) is 19.8. The number of benzene rings is 7. The van der Waals surface area contributed by atoms with E-state index >= 15 is 0 Å². The normalized spacial score (nSPS) is 13.5. The van der Waals surface area contributed by atoms with Crippen molar-refractivity contribution in [3.63, 3.8) is 0 Å². The van der Waals surface area contributed by atoms with E-state index in [1.807, 2.05) is 36.4 Å². The number of hydrogen-bond acceptors (Lipinski definition) is 4. The fourth-order valence-electron chi connectivity index (χ4n) is 8.49. The van der Waals surface area contributed by atoms with E-state index in [0.717, 1.165) is 46.6 Å². The van der Waals surface area contributed by atoms with E-state index in [1.54, 1.807) is 0 Å². The van der Waals surface area contributed by atoms with Crippen molar-refractivity contribution in [2.75, 3.05) is 4.90 Å². The van der Waals surface area contributed by atoms with E-state index in [4.69, 9.17) is 15.0 Å². The van der Waals surface area contributed by atoms with Gasteiger partial charge in [0.1, 0.15) is 0 Å². The monoisotopic (exact) mass is 743 g/mol. The van der Waals surface area contributed by atoms with Crippen molar-refractivity contribution in [3.05, 3.63) is 211 Å². The van der Waals surface area contributed by atoms with Crippen molar-refractivity contribution < 1.29 is 0 Å². The highest BCUT2D eigenvalue weighted by Crippen LogP contribution is 2.45. The molecule has 0 amide bonds. The van der Waals surface area contributed by atoms with Crippen LogP contribution in [0, 0.1) is 0 Å². The van der Waals surface area contributed by atoms with Crippen molar-refractivity contribution in [1.82, 2.24) is 19.5 Å². The highest BCUT2D eigenvalue weighted by molar-refractivity contribution is 6.12. The van der Waals surface area contributed by atoms with Gasteiger partial charge in [-0.3, -0.25) is 0 Å². The summed E-state index contributed by atoms with van der Waals surface area (Å²) >= 11 is 0. The van der Waals surface area contributed by atoms with Crippen LogP contribution in [0.1, 0.15) is 35.4 Å². The minimum Gasteiger partial charge on any atom is -0.309 e. The third-order valence-electron chi connectivity index (χ3n) is 11.2. The molecular formula is C53H37N5. The van der Waals surface area contributed by atoms with Crippen LogP contribution in [-0.2, 0) is 0 Å². The predicted octanol–water partition coefficient (Wildman–Crippen LogP) is 13.5. The summed E-state index contributed by atoms with van der Waals surface area (Å²) in [4.78, 5) is 17.4. The molecule has 2 aromatic heterocycles. The number of fused-ring (bicyclic) bond motifs is 5. The lowest BCUT2D eigenvalue weighted by molar-refractivity contribution is 1.01. The van der Waals surface area contributed by atoms with E-state index in [0.29, 0.717) is 17.5 Å². The molecule has 0 spiro atoms. The van der Waals surface area contributed by atoms with Crippen LogP contribution in [0.15, 0.2) is 188 Å². The molecule has 5 nitrogen and oxygen atoms in total. The lowest BCUT2D eigenvalue weighted by Gasteiger charge is -2.27. The lowest BCUT2D eigenvalue weighted by Crippen LogP contribution is -2.11. The molecule has 0 fully saturated rings. The van der Waals surface area contributed by atoms with E-state index < -0.39 is 0 Å². The van der Waals surface area contributed by atoms with Gasteiger partial charge in [-0.1, -0.05) is 146 Å². The first kappa shape index (κ1) is 33.7. The highest BCUT2D eigenvalue weighted by atomic mass is 15.1. The molecular weight excluding hydrogens is 707 g/mol. The molecule has 0 saturated heterocycles. The average molecular weight is 744 g/mol. The van der Waals surface area contributed by atoms with Gasteiger partial charge in [-0.25, -0.2) is 15.0 Å². The maximum Gasteiger partial charge on any atom is 0.164 e. The Hall–Kier alpha value is -7.63. The topological polar surface area (TPSA) is 46.8 Å². The zero-order valence-corrected chi connectivity index (χ0v) is 31.7. The van der Waals surface area contributed by atoms with E-state index in [2.05, 4.69) is 173 Å². The first-order chi connectivity index (χ1) is 28.7. The van der Waals surface area contributed by atoms with Gasteiger partial charge in [0, 0.05) is 44.4 Å². The summed E-state index contributed by atoms with van der Waals surface area (Å²) in [5, 5.41) is 2.44. The first-order valence-corrected chi connectivity index (χ1v) is 19.8. The van der Waals surface area contributed by atoms with Crippen LogP contribution in [0.4, 0.5) is 17.1 Å². The van der Waals surface area contributed by atoms with Gasteiger partial charge in [0.25, 0.3) is 0 Å². The quantitative estimate of drug-likeness (QED) is 0.170. The van der Waals surface area contributed by atoms with Gasteiger partial charge in [0.15, 0.2) is 17.5 Å². The summed E-state index contributed by atoms with van der Waals surface area (Å²) in [7, 11) is 0. The molecule has 9 aromatic rings. The molecule has 7 aromatic carbocycles. The van der Waals surface area contributed by atoms with Gasteiger partial charge in [-0.05, 0) is 84.1 Å². The van der Waals surface area contributed by atoms with E-state index in [-0.39, 0.29) is 0 Å². The Bertz CT molecular complexity index is 3050. The Morgan fingerprint density at radius 2 is 1.05 bits per heavy atom. The maximum absolute atomic E-state index is 5.04. The predicted molar refractivity (Wildman–Crippen MR) is 240 cm³/mol. The molecule has 11 rings (SSSR count). The Morgan fingerprint density at radius 1 is 0.431 bits per heavy atom. The van der Waals surface area contributed by atoms with Crippen LogP contribution in [0.5, 0.6) is 0 Å². The molecule has 0 saturated carbocycles. The van der Waals surface area contributed by atoms with Crippen LogP contribution < -0.4 is 4.90 Å². The van der Waals surface area contributed by atoms with Gasteiger partial charge in [0.2, 0.25) is 0 Å². The molecule has 274 valence electrons. The van der Waals surface area contributed by atoms with E-state index in [9.17, 15) is 0 Å². The largest absolute Gasteiger partial charge is 0.309 e. The molecule has 1 aliphatic carbocycles. The number of anilines is 3. The summed E-state index contributed by atoms with van der Waals surface area (Å²) in [6.07, 6.45) is 10.9. The number of hydrogen-bond donors (Lipinski definition) is 0. The molecule has 5 heteroatoms. The highest BCUT2D eigenvalue weighted by Gasteiger charge is 2.23. The van der Waals surface area contributed by atoms with Crippen molar-refractivity contribution in [2.24, 2.45) is 0 Å². The van der Waals surface area contributed by atoms with Crippen molar-refractivity contribution in [3.8, 4) is 28.5 Å². The van der Waals surface area contributed by atoms with Gasteiger partial charge >= 0.3 is 0 Å². The molecule has 0 unspecified atom stereocenters. The molecule has 1 aliphatic heterocycles. The fraction of sp³-hybridized carbons (Fsp3) is 0.0377. The molecule has 58 heavy (non-hydrogen) atoms. The minimum atomic E-state index is 0.669. The summed E-state index contributed by atoms with van der Waals surface area (Å²) in [5.41, 5.74) is 14.7. The SMILES string of the molecule is C1=Cc2cc3c(cc2N(c2ccccc2)c2ccccc21)c1ccccc1n3-c1cccc(C2=CC(c3nc(-c4ccccc4)nc(-c4ccccc4)n3)=CCC2)c1. The Balaban J connectivity index is 1.03. The average Bonchev–Trinajstić information content (AvgIpc) is 3.53. The number of aromatic nitrogens is 4. The molecule has 0 bridgehead atoms. The molecule has 0 N–H and O–H groups in total. The van der Waals surface area contributed by atoms with Crippen molar-refractivity contribution in [2.45, 2.75) is 12.8 Å². The zero-order chi connectivity index (χ0) is 38.4.